The van der Waals surface area contributed by atoms with Gasteiger partial charge in [0.1, 0.15) is 0 Å². The molecule has 1 fully saturated rings. The van der Waals surface area contributed by atoms with Gasteiger partial charge in [0.05, 0.1) is 0 Å². The number of carbonyl (C=O) groups is 1. The number of nitrogens with zero attached hydrogens (tertiary/aromatic N) is 2. The number of amides is 1. The lowest BCUT2D eigenvalue weighted by atomic mass is 10.0. The first-order valence-corrected chi connectivity index (χ1v) is 9.67. The zero-order valence-electron chi connectivity index (χ0n) is 15.9. The SMILES string of the molecule is CC(=O)N1CCC(N(CCC(C)C)C(=S)Nc2cccc(C)c2)CC1. The molecule has 0 saturated carbocycles. The molecule has 138 valence electrons. The Bertz CT molecular complexity index is 594. The maximum atomic E-state index is 11.6. The molecule has 1 aliphatic rings. The summed E-state index contributed by atoms with van der Waals surface area (Å²) in [5, 5.41) is 4.21. The van der Waals surface area contributed by atoms with Crippen LogP contribution in [0.15, 0.2) is 24.3 Å². The minimum Gasteiger partial charge on any atom is -0.346 e. The molecule has 0 radical (unpaired) electrons. The van der Waals surface area contributed by atoms with E-state index in [4.69, 9.17) is 12.2 Å². The number of aryl methyl sites for hydroxylation is 1. The summed E-state index contributed by atoms with van der Waals surface area (Å²) >= 11 is 5.75. The zero-order chi connectivity index (χ0) is 18.4. The third kappa shape index (κ3) is 5.99. The predicted molar refractivity (Wildman–Crippen MR) is 109 cm³/mol. The van der Waals surface area contributed by atoms with E-state index >= 15 is 0 Å². The molecule has 0 aliphatic carbocycles. The van der Waals surface area contributed by atoms with E-state index in [-0.39, 0.29) is 5.91 Å². The Morgan fingerprint density at radius 2 is 2.04 bits per heavy atom. The summed E-state index contributed by atoms with van der Waals surface area (Å²) in [5.41, 5.74) is 2.26. The van der Waals surface area contributed by atoms with Gasteiger partial charge in [0.15, 0.2) is 5.11 Å². The van der Waals surface area contributed by atoms with Crippen molar-refractivity contribution < 1.29 is 4.79 Å². The summed E-state index contributed by atoms with van der Waals surface area (Å²) in [4.78, 5) is 15.9. The molecule has 1 aromatic carbocycles. The number of carbonyl (C=O) groups excluding carboxylic acids is 1. The van der Waals surface area contributed by atoms with Gasteiger partial charge in [-0.1, -0.05) is 26.0 Å². The van der Waals surface area contributed by atoms with Gasteiger partial charge in [-0.25, -0.2) is 0 Å². The molecule has 1 saturated heterocycles. The van der Waals surface area contributed by atoms with Gasteiger partial charge >= 0.3 is 0 Å². The maximum absolute atomic E-state index is 11.6. The first-order valence-electron chi connectivity index (χ1n) is 9.26. The Hall–Kier alpha value is -1.62. The topological polar surface area (TPSA) is 35.6 Å². The fraction of sp³-hybridized carbons (Fsp3) is 0.600. The molecule has 1 aliphatic heterocycles. The number of likely N-dealkylation sites (tertiary alicyclic amines) is 1. The van der Waals surface area contributed by atoms with E-state index in [2.05, 4.69) is 49.2 Å². The van der Waals surface area contributed by atoms with Crippen molar-refractivity contribution in [2.75, 3.05) is 25.0 Å². The van der Waals surface area contributed by atoms with Crippen LogP contribution in [-0.4, -0.2) is 46.5 Å². The van der Waals surface area contributed by atoms with E-state index < -0.39 is 0 Å². The fourth-order valence-electron chi connectivity index (χ4n) is 3.26. The number of nitrogens with one attached hydrogen (secondary N) is 1. The third-order valence-electron chi connectivity index (χ3n) is 4.83. The van der Waals surface area contributed by atoms with Crippen molar-refractivity contribution >= 4 is 28.9 Å². The summed E-state index contributed by atoms with van der Waals surface area (Å²) in [5.74, 6) is 0.814. The molecule has 0 unspecified atom stereocenters. The molecular formula is C20H31N3OS. The second-order valence-electron chi connectivity index (χ2n) is 7.41. The van der Waals surface area contributed by atoms with Crippen molar-refractivity contribution in [2.24, 2.45) is 5.92 Å². The van der Waals surface area contributed by atoms with Gasteiger partial charge < -0.3 is 15.1 Å². The zero-order valence-corrected chi connectivity index (χ0v) is 16.7. The Balaban J connectivity index is 2.04. The number of hydrogen-bond acceptors (Lipinski definition) is 2. The summed E-state index contributed by atoms with van der Waals surface area (Å²) < 4.78 is 0. The molecule has 4 nitrogen and oxygen atoms in total. The highest BCUT2D eigenvalue weighted by Gasteiger charge is 2.27. The minimum absolute atomic E-state index is 0.174. The van der Waals surface area contributed by atoms with Crippen LogP contribution in [0.4, 0.5) is 5.69 Å². The van der Waals surface area contributed by atoms with E-state index in [1.165, 1.54) is 5.56 Å². The van der Waals surface area contributed by atoms with Gasteiger partial charge in [0.2, 0.25) is 5.91 Å². The summed E-state index contributed by atoms with van der Waals surface area (Å²) in [6.07, 6.45) is 3.07. The number of benzene rings is 1. The normalized spacial score (nSPS) is 15.3. The Kier molecular flexibility index (Phi) is 7.24. The number of piperidine rings is 1. The highest BCUT2D eigenvalue weighted by Crippen LogP contribution is 2.20. The molecule has 0 atom stereocenters. The lowest BCUT2D eigenvalue weighted by Crippen LogP contribution is -2.50. The predicted octanol–water partition coefficient (Wildman–Crippen LogP) is 4.05. The van der Waals surface area contributed by atoms with Crippen molar-refractivity contribution in [1.82, 2.24) is 9.80 Å². The molecule has 1 heterocycles. The van der Waals surface area contributed by atoms with Gasteiger partial charge in [0.25, 0.3) is 0 Å². The number of rotatable bonds is 5. The van der Waals surface area contributed by atoms with Gasteiger partial charge in [0, 0.05) is 38.3 Å². The molecule has 5 heteroatoms. The highest BCUT2D eigenvalue weighted by molar-refractivity contribution is 7.80. The van der Waals surface area contributed by atoms with Crippen LogP contribution in [0.1, 0.15) is 45.6 Å². The first-order chi connectivity index (χ1) is 11.9. The van der Waals surface area contributed by atoms with Gasteiger partial charge in [-0.2, -0.15) is 0 Å². The van der Waals surface area contributed by atoms with E-state index in [0.717, 1.165) is 49.7 Å². The van der Waals surface area contributed by atoms with E-state index in [1.807, 2.05) is 11.0 Å². The molecule has 0 bridgehead atoms. The second-order valence-corrected chi connectivity index (χ2v) is 7.80. The number of thiocarbonyl (C=S) groups is 1. The third-order valence-corrected chi connectivity index (χ3v) is 5.16. The van der Waals surface area contributed by atoms with Crippen molar-refractivity contribution in [1.29, 1.82) is 0 Å². The van der Waals surface area contributed by atoms with Gasteiger partial charge in [-0.15, -0.1) is 0 Å². The molecule has 0 aromatic heterocycles. The molecule has 2 rings (SSSR count). The van der Waals surface area contributed by atoms with Crippen molar-refractivity contribution in [3.63, 3.8) is 0 Å². The lowest BCUT2D eigenvalue weighted by Gasteiger charge is -2.40. The summed E-state index contributed by atoms with van der Waals surface area (Å²) in [6.45, 7) is 10.8. The van der Waals surface area contributed by atoms with E-state index in [1.54, 1.807) is 6.92 Å². The fourth-order valence-corrected chi connectivity index (χ4v) is 3.62. The first kappa shape index (κ1) is 19.7. The van der Waals surface area contributed by atoms with Gasteiger partial charge in [-0.05, 0) is 62.0 Å². The van der Waals surface area contributed by atoms with Crippen LogP contribution in [-0.2, 0) is 4.79 Å². The lowest BCUT2D eigenvalue weighted by molar-refractivity contribution is -0.130. The average Bonchev–Trinajstić information content (AvgIpc) is 2.55. The van der Waals surface area contributed by atoms with Gasteiger partial charge in [-0.3, -0.25) is 4.79 Å². The second kappa shape index (κ2) is 9.18. The van der Waals surface area contributed by atoms with Crippen LogP contribution in [0.25, 0.3) is 0 Å². The highest BCUT2D eigenvalue weighted by atomic mass is 32.1. The largest absolute Gasteiger partial charge is 0.346 e. The Labute approximate surface area is 157 Å². The molecular weight excluding hydrogens is 330 g/mol. The summed E-state index contributed by atoms with van der Waals surface area (Å²) in [6, 6.07) is 8.70. The van der Waals surface area contributed by atoms with E-state index in [0.29, 0.717) is 12.0 Å². The minimum atomic E-state index is 0.174. The smallest absolute Gasteiger partial charge is 0.219 e. The molecule has 1 aromatic rings. The Morgan fingerprint density at radius 1 is 1.36 bits per heavy atom. The van der Waals surface area contributed by atoms with Crippen LogP contribution in [0, 0.1) is 12.8 Å². The van der Waals surface area contributed by atoms with Crippen LogP contribution >= 0.6 is 12.2 Å². The maximum Gasteiger partial charge on any atom is 0.219 e. The molecule has 1 amide bonds. The Morgan fingerprint density at radius 3 is 2.60 bits per heavy atom. The number of hydrogen-bond donors (Lipinski definition) is 1. The van der Waals surface area contributed by atoms with Crippen LogP contribution < -0.4 is 5.32 Å². The van der Waals surface area contributed by atoms with Crippen molar-refractivity contribution in [3.05, 3.63) is 29.8 Å². The van der Waals surface area contributed by atoms with Crippen molar-refractivity contribution in [2.45, 2.75) is 53.0 Å². The van der Waals surface area contributed by atoms with Crippen LogP contribution in [0.2, 0.25) is 0 Å². The molecule has 25 heavy (non-hydrogen) atoms. The van der Waals surface area contributed by atoms with Crippen LogP contribution in [0.3, 0.4) is 0 Å². The molecule has 1 N–H and O–H groups in total. The summed E-state index contributed by atoms with van der Waals surface area (Å²) in [7, 11) is 0. The monoisotopic (exact) mass is 361 g/mol. The van der Waals surface area contributed by atoms with Crippen LogP contribution in [0.5, 0.6) is 0 Å². The standard InChI is InChI=1S/C20H31N3OS/c1-15(2)8-13-23(19-9-11-22(12-10-19)17(4)24)20(25)21-18-7-5-6-16(3)14-18/h5-7,14-15,19H,8-13H2,1-4H3,(H,21,25). The van der Waals surface area contributed by atoms with E-state index in [9.17, 15) is 4.79 Å². The average molecular weight is 362 g/mol. The van der Waals surface area contributed by atoms with Crippen molar-refractivity contribution in [3.8, 4) is 0 Å². The number of anilines is 1. The quantitative estimate of drug-likeness (QED) is 0.803. The molecule has 0 spiro atoms.